The van der Waals surface area contributed by atoms with Crippen LogP contribution in [0, 0.1) is 5.92 Å². The molecule has 1 aromatic rings. The van der Waals surface area contributed by atoms with Gasteiger partial charge >= 0.3 is 5.97 Å². The Morgan fingerprint density at radius 2 is 1.96 bits per heavy atom. The van der Waals surface area contributed by atoms with Gasteiger partial charge in [0.1, 0.15) is 0 Å². The first-order valence-corrected chi connectivity index (χ1v) is 7.74. The minimum Gasteiger partial charge on any atom is -0.481 e. The van der Waals surface area contributed by atoms with Gasteiger partial charge in [-0.05, 0) is 31.0 Å². The van der Waals surface area contributed by atoms with Crippen LogP contribution in [0.1, 0.15) is 29.6 Å². The van der Waals surface area contributed by atoms with Crippen molar-refractivity contribution in [1.29, 1.82) is 0 Å². The van der Waals surface area contributed by atoms with Gasteiger partial charge < -0.3 is 25.2 Å². The zero-order valence-electron chi connectivity index (χ0n) is 12.9. The highest BCUT2D eigenvalue weighted by Crippen LogP contribution is 2.32. The second-order valence-electron chi connectivity index (χ2n) is 5.80. The van der Waals surface area contributed by atoms with Gasteiger partial charge in [-0.1, -0.05) is 6.42 Å². The largest absolute Gasteiger partial charge is 0.481 e. The van der Waals surface area contributed by atoms with E-state index in [9.17, 15) is 14.4 Å². The van der Waals surface area contributed by atoms with Gasteiger partial charge in [0.15, 0.2) is 11.5 Å². The number of hydrogen-bond acceptors (Lipinski definition) is 5. The van der Waals surface area contributed by atoms with Crippen LogP contribution in [0.3, 0.4) is 0 Å². The number of amides is 2. The second-order valence-corrected chi connectivity index (χ2v) is 5.80. The van der Waals surface area contributed by atoms with Crippen LogP contribution in [0.5, 0.6) is 11.5 Å². The number of ether oxygens (including phenoxy) is 2. The van der Waals surface area contributed by atoms with Crippen LogP contribution < -0.4 is 20.1 Å². The standard InChI is InChI=1S/C16H18N2O6/c19-14(18-11-3-1-2-10(11)16(21)22)7-17-15(20)9-4-5-12-13(6-9)24-8-23-12/h4-6,10-11H,1-3,7-8H2,(H,17,20)(H,18,19)(H,21,22)/t10-,11+/m1/s1. The van der Waals surface area contributed by atoms with E-state index in [1.807, 2.05) is 0 Å². The first kappa shape index (κ1) is 16.1. The number of carbonyl (C=O) groups is 3. The summed E-state index contributed by atoms with van der Waals surface area (Å²) in [6.45, 7) is -0.0922. The predicted molar refractivity (Wildman–Crippen MR) is 81.8 cm³/mol. The highest BCUT2D eigenvalue weighted by Gasteiger charge is 2.33. The van der Waals surface area contributed by atoms with Gasteiger partial charge in [-0.25, -0.2) is 0 Å². The second kappa shape index (κ2) is 6.77. The van der Waals surface area contributed by atoms with Gasteiger partial charge in [-0.3, -0.25) is 14.4 Å². The Morgan fingerprint density at radius 3 is 2.75 bits per heavy atom. The van der Waals surface area contributed by atoms with Gasteiger partial charge in [0.2, 0.25) is 12.7 Å². The number of carbonyl (C=O) groups excluding carboxylic acids is 2. The van der Waals surface area contributed by atoms with Crippen LogP contribution in [0.15, 0.2) is 18.2 Å². The van der Waals surface area contributed by atoms with E-state index in [0.29, 0.717) is 29.9 Å². The molecule has 24 heavy (non-hydrogen) atoms. The third-order valence-electron chi connectivity index (χ3n) is 4.22. The van der Waals surface area contributed by atoms with Crippen LogP contribution in [-0.4, -0.2) is 42.3 Å². The molecule has 0 aromatic heterocycles. The van der Waals surface area contributed by atoms with Gasteiger partial charge in [0.05, 0.1) is 12.5 Å². The lowest BCUT2D eigenvalue weighted by Gasteiger charge is -2.17. The van der Waals surface area contributed by atoms with Crippen LogP contribution in [0.2, 0.25) is 0 Å². The summed E-state index contributed by atoms with van der Waals surface area (Å²) >= 11 is 0. The van der Waals surface area contributed by atoms with Crippen LogP contribution >= 0.6 is 0 Å². The Labute approximate surface area is 138 Å². The Kier molecular flexibility index (Phi) is 4.54. The number of benzene rings is 1. The Bertz CT molecular complexity index is 675. The van der Waals surface area contributed by atoms with E-state index >= 15 is 0 Å². The van der Waals surface area contributed by atoms with Crippen LogP contribution in [0.4, 0.5) is 0 Å². The molecule has 1 aliphatic heterocycles. The van der Waals surface area contributed by atoms with E-state index in [0.717, 1.165) is 6.42 Å². The van der Waals surface area contributed by atoms with Crippen LogP contribution in [-0.2, 0) is 9.59 Å². The zero-order valence-corrected chi connectivity index (χ0v) is 12.9. The fourth-order valence-electron chi connectivity index (χ4n) is 2.99. The van der Waals surface area contributed by atoms with E-state index in [2.05, 4.69) is 10.6 Å². The molecule has 3 N–H and O–H groups in total. The molecule has 1 saturated carbocycles. The molecule has 8 nitrogen and oxygen atoms in total. The molecule has 0 radical (unpaired) electrons. The summed E-state index contributed by atoms with van der Waals surface area (Å²) in [7, 11) is 0. The first-order chi connectivity index (χ1) is 11.5. The molecule has 1 fully saturated rings. The molecule has 1 heterocycles. The summed E-state index contributed by atoms with van der Waals surface area (Å²) in [5.74, 6) is -1.21. The zero-order chi connectivity index (χ0) is 17.1. The van der Waals surface area contributed by atoms with E-state index in [-0.39, 0.29) is 19.4 Å². The molecule has 2 atom stereocenters. The minimum atomic E-state index is -0.901. The van der Waals surface area contributed by atoms with Gasteiger partial charge in [0, 0.05) is 11.6 Å². The van der Waals surface area contributed by atoms with Crippen molar-refractivity contribution in [3.8, 4) is 11.5 Å². The number of aliphatic carboxylic acids is 1. The number of nitrogens with one attached hydrogen (secondary N) is 2. The highest BCUT2D eigenvalue weighted by atomic mass is 16.7. The van der Waals surface area contributed by atoms with Crippen molar-refractivity contribution in [1.82, 2.24) is 10.6 Å². The molecule has 0 unspecified atom stereocenters. The number of hydrogen-bond donors (Lipinski definition) is 3. The van der Waals surface area contributed by atoms with Crippen molar-refractivity contribution in [2.75, 3.05) is 13.3 Å². The Morgan fingerprint density at radius 1 is 1.17 bits per heavy atom. The molecule has 1 aliphatic carbocycles. The third kappa shape index (κ3) is 3.42. The molecule has 8 heteroatoms. The third-order valence-corrected chi connectivity index (χ3v) is 4.22. The summed E-state index contributed by atoms with van der Waals surface area (Å²) in [6, 6.07) is 4.39. The lowest BCUT2D eigenvalue weighted by atomic mass is 10.0. The fourth-order valence-corrected chi connectivity index (χ4v) is 2.99. The van der Waals surface area contributed by atoms with Gasteiger partial charge in [0.25, 0.3) is 5.91 Å². The van der Waals surface area contributed by atoms with Gasteiger partial charge in [-0.15, -0.1) is 0 Å². The van der Waals surface area contributed by atoms with Gasteiger partial charge in [-0.2, -0.15) is 0 Å². The van der Waals surface area contributed by atoms with E-state index in [4.69, 9.17) is 14.6 Å². The number of rotatable bonds is 5. The van der Waals surface area contributed by atoms with Crippen molar-refractivity contribution in [2.24, 2.45) is 5.92 Å². The lowest BCUT2D eigenvalue weighted by Crippen LogP contribution is -2.44. The highest BCUT2D eigenvalue weighted by molar-refractivity contribution is 5.97. The lowest BCUT2D eigenvalue weighted by molar-refractivity contribution is -0.142. The quantitative estimate of drug-likeness (QED) is 0.723. The average molecular weight is 334 g/mol. The topological polar surface area (TPSA) is 114 Å². The number of carboxylic acids is 1. The Balaban J connectivity index is 1.51. The molecule has 128 valence electrons. The van der Waals surface area contributed by atoms with Crippen molar-refractivity contribution < 1.29 is 29.0 Å². The SMILES string of the molecule is O=C(CNC(=O)c1ccc2c(c1)OCO2)N[C@H]1CCC[C@H]1C(=O)O. The maximum Gasteiger partial charge on any atom is 0.308 e. The molecular formula is C16H18N2O6. The smallest absolute Gasteiger partial charge is 0.308 e. The molecule has 2 amide bonds. The van der Waals surface area contributed by atoms with Crippen molar-refractivity contribution in [3.63, 3.8) is 0 Å². The average Bonchev–Trinajstić information content (AvgIpc) is 3.20. The van der Waals surface area contributed by atoms with E-state index in [1.54, 1.807) is 18.2 Å². The monoisotopic (exact) mass is 334 g/mol. The predicted octanol–water partition coefficient (Wildman–Crippen LogP) is 0.515. The molecule has 2 aliphatic rings. The van der Waals surface area contributed by atoms with E-state index < -0.39 is 23.7 Å². The van der Waals surface area contributed by atoms with Crippen molar-refractivity contribution in [2.45, 2.75) is 25.3 Å². The van der Waals surface area contributed by atoms with Crippen molar-refractivity contribution in [3.05, 3.63) is 23.8 Å². The summed E-state index contributed by atoms with van der Waals surface area (Å²) in [5.41, 5.74) is 0.358. The molecule has 3 rings (SSSR count). The Hall–Kier alpha value is -2.77. The normalized spacial score (nSPS) is 21.3. The maximum absolute atomic E-state index is 12.1. The molecule has 0 bridgehead atoms. The maximum atomic E-state index is 12.1. The summed E-state index contributed by atoms with van der Waals surface area (Å²) in [6.07, 6.45) is 1.97. The van der Waals surface area contributed by atoms with Crippen LogP contribution in [0.25, 0.3) is 0 Å². The first-order valence-electron chi connectivity index (χ1n) is 7.74. The minimum absolute atomic E-state index is 0.120. The number of fused-ring (bicyclic) bond motifs is 1. The van der Waals surface area contributed by atoms with E-state index in [1.165, 1.54) is 0 Å². The summed E-state index contributed by atoms with van der Waals surface area (Å²) < 4.78 is 10.4. The van der Waals surface area contributed by atoms with Crippen molar-refractivity contribution >= 4 is 17.8 Å². The summed E-state index contributed by atoms with van der Waals surface area (Å²) in [4.78, 5) is 35.1. The molecular weight excluding hydrogens is 316 g/mol. The molecule has 0 saturated heterocycles. The summed E-state index contributed by atoms with van der Waals surface area (Å²) in [5, 5.41) is 14.3. The molecule has 1 aromatic carbocycles. The number of carboxylic acid groups (broad SMARTS) is 1. The fraction of sp³-hybridized carbons (Fsp3) is 0.438. The molecule has 0 spiro atoms.